The third-order valence-electron chi connectivity index (χ3n) is 6.90. The Morgan fingerprint density at radius 2 is 1.74 bits per heavy atom. The van der Waals surface area contributed by atoms with E-state index in [1.807, 2.05) is 55.5 Å². The molecule has 1 saturated heterocycles. The number of halogens is 1. The first-order chi connectivity index (χ1) is 19.0. The first kappa shape index (κ1) is 26.3. The molecule has 0 bridgehead atoms. The van der Waals surface area contributed by atoms with Crippen LogP contribution in [-0.4, -0.2) is 64.1 Å². The predicted molar refractivity (Wildman–Crippen MR) is 147 cm³/mol. The summed E-state index contributed by atoms with van der Waals surface area (Å²) in [5.41, 5.74) is 3.37. The lowest BCUT2D eigenvalue weighted by Gasteiger charge is -2.31. The molecule has 1 aromatic heterocycles. The van der Waals surface area contributed by atoms with E-state index in [4.69, 9.17) is 4.74 Å². The number of para-hydroxylation sites is 1. The van der Waals surface area contributed by atoms with Crippen molar-refractivity contribution in [1.29, 1.82) is 0 Å². The van der Waals surface area contributed by atoms with E-state index in [9.17, 15) is 14.0 Å². The molecule has 39 heavy (non-hydrogen) atoms. The topological polar surface area (TPSA) is 92.6 Å². The second kappa shape index (κ2) is 12.0. The summed E-state index contributed by atoms with van der Waals surface area (Å²) in [5.74, 6) is -1.14. The number of amides is 2. The van der Waals surface area contributed by atoms with Gasteiger partial charge in [-0.3, -0.25) is 9.59 Å². The van der Waals surface area contributed by atoms with Crippen molar-refractivity contribution in [2.75, 3.05) is 36.5 Å². The van der Waals surface area contributed by atoms with E-state index in [0.29, 0.717) is 41.9 Å². The van der Waals surface area contributed by atoms with Crippen LogP contribution in [0.5, 0.6) is 0 Å². The number of morpholine rings is 1. The molecule has 0 radical (unpaired) electrons. The number of rotatable bonds is 9. The normalized spacial score (nSPS) is 14.3. The van der Waals surface area contributed by atoms with Crippen molar-refractivity contribution in [3.8, 4) is 0 Å². The van der Waals surface area contributed by atoms with Gasteiger partial charge in [-0.25, -0.2) is 9.07 Å². The van der Waals surface area contributed by atoms with Crippen LogP contribution in [0.15, 0.2) is 72.8 Å². The number of aromatic nitrogens is 3. The largest absolute Gasteiger partial charge is 0.378 e. The fourth-order valence-corrected chi connectivity index (χ4v) is 4.79. The van der Waals surface area contributed by atoms with Gasteiger partial charge < -0.3 is 19.9 Å². The molecule has 3 aromatic carbocycles. The number of carbonyl (C=O) groups is 2. The molecule has 5 rings (SSSR count). The molecule has 1 aliphatic rings. The van der Waals surface area contributed by atoms with Gasteiger partial charge in [0, 0.05) is 36.6 Å². The molecule has 2 heterocycles. The second-order valence-electron chi connectivity index (χ2n) is 9.41. The standard InChI is InChI=1S/C29H31FN6O3/c1-2-26(29(38)31-22-11-13-23(14-12-22)34-15-17-39-18-16-34)35(19-21-7-3-4-8-24(21)30)28(37)20-36-27-10-6-5-9-25(27)32-33-36/h3-14,26H,2,15-20H2,1H3,(H,31,38). The van der Waals surface area contributed by atoms with E-state index in [2.05, 4.69) is 20.5 Å². The van der Waals surface area contributed by atoms with Gasteiger partial charge in [0.05, 0.1) is 18.7 Å². The van der Waals surface area contributed by atoms with Crippen LogP contribution in [0.25, 0.3) is 11.0 Å². The fraction of sp³-hybridized carbons (Fsp3) is 0.310. The summed E-state index contributed by atoms with van der Waals surface area (Å²) in [6.45, 7) is 4.65. The number of ether oxygens (including phenoxy) is 1. The minimum Gasteiger partial charge on any atom is -0.378 e. The predicted octanol–water partition coefficient (Wildman–Crippen LogP) is 3.85. The number of fused-ring (bicyclic) bond motifs is 1. The Labute approximate surface area is 226 Å². The van der Waals surface area contributed by atoms with Gasteiger partial charge in [-0.1, -0.05) is 42.5 Å². The maximum absolute atomic E-state index is 14.6. The summed E-state index contributed by atoms with van der Waals surface area (Å²) in [6.07, 6.45) is 0.343. The van der Waals surface area contributed by atoms with Crippen LogP contribution in [0.3, 0.4) is 0 Å². The minimum absolute atomic E-state index is 0.0555. The van der Waals surface area contributed by atoms with E-state index < -0.39 is 11.9 Å². The highest BCUT2D eigenvalue weighted by Gasteiger charge is 2.30. The number of nitrogens with zero attached hydrogens (tertiary/aromatic N) is 5. The van der Waals surface area contributed by atoms with Gasteiger partial charge in [0.1, 0.15) is 23.9 Å². The van der Waals surface area contributed by atoms with Crippen molar-refractivity contribution >= 4 is 34.2 Å². The SMILES string of the molecule is CCC(C(=O)Nc1ccc(N2CCOCC2)cc1)N(Cc1ccccc1F)C(=O)Cn1nnc2ccccc21. The Morgan fingerprint density at radius 1 is 1.03 bits per heavy atom. The van der Waals surface area contributed by atoms with Crippen LogP contribution in [0.2, 0.25) is 0 Å². The third-order valence-corrected chi connectivity index (χ3v) is 6.90. The van der Waals surface area contributed by atoms with Crippen molar-refractivity contribution in [3.05, 3.63) is 84.2 Å². The van der Waals surface area contributed by atoms with Gasteiger partial charge in [-0.15, -0.1) is 5.10 Å². The maximum Gasteiger partial charge on any atom is 0.247 e. The molecule has 4 aromatic rings. The Bertz CT molecular complexity index is 1430. The zero-order valence-corrected chi connectivity index (χ0v) is 21.8. The Kier molecular flexibility index (Phi) is 8.12. The van der Waals surface area contributed by atoms with E-state index in [-0.39, 0.29) is 24.9 Å². The molecule has 202 valence electrons. The summed E-state index contributed by atoms with van der Waals surface area (Å²) < 4.78 is 21.5. The summed E-state index contributed by atoms with van der Waals surface area (Å²) in [7, 11) is 0. The van der Waals surface area contributed by atoms with Gasteiger partial charge in [0.25, 0.3) is 0 Å². The smallest absolute Gasteiger partial charge is 0.247 e. The Morgan fingerprint density at radius 3 is 2.49 bits per heavy atom. The van der Waals surface area contributed by atoms with E-state index in [1.54, 1.807) is 18.2 Å². The summed E-state index contributed by atoms with van der Waals surface area (Å²) in [5, 5.41) is 11.2. The van der Waals surface area contributed by atoms with Crippen LogP contribution in [0.1, 0.15) is 18.9 Å². The molecule has 0 saturated carbocycles. The zero-order chi connectivity index (χ0) is 27.2. The lowest BCUT2D eigenvalue weighted by atomic mass is 10.1. The molecule has 1 N–H and O–H groups in total. The van der Waals surface area contributed by atoms with Crippen LogP contribution < -0.4 is 10.2 Å². The molecule has 9 nitrogen and oxygen atoms in total. The van der Waals surface area contributed by atoms with Crippen LogP contribution in [0.4, 0.5) is 15.8 Å². The van der Waals surface area contributed by atoms with Crippen LogP contribution in [0, 0.1) is 5.82 Å². The third kappa shape index (κ3) is 6.06. The molecule has 1 fully saturated rings. The average molecular weight is 531 g/mol. The molecule has 0 aliphatic carbocycles. The molecule has 1 atom stereocenters. The number of hydrogen-bond acceptors (Lipinski definition) is 6. The second-order valence-corrected chi connectivity index (χ2v) is 9.41. The summed E-state index contributed by atoms with van der Waals surface area (Å²) in [4.78, 5) is 30.8. The van der Waals surface area contributed by atoms with E-state index in [0.717, 1.165) is 18.8 Å². The number of anilines is 2. The van der Waals surface area contributed by atoms with Crippen molar-refractivity contribution < 1.29 is 18.7 Å². The first-order valence-corrected chi connectivity index (χ1v) is 13.1. The lowest BCUT2D eigenvalue weighted by molar-refractivity contribution is -0.140. The fourth-order valence-electron chi connectivity index (χ4n) is 4.79. The molecule has 10 heteroatoms. The molecular formula is C29H31FN6O3. The summed E-state index contributed by atoms with van der Waals surface area (Å²) in [6, 6.07) is 20.4. The minimum atomic E-state index is -0.828. The highest BCUT2D eigenvalue weighted by atomic mass is 19.1. The zero-order valence-electron chi connectivity index (χ0n) is 21.8. The maximum atomic E-state index is 14.6. The van der Waals surface area contributed by atoms with Crippen molar-refractivity contribution in [3.63, 3.8) is 0 Å². The quantitative estimate of drug-likeness (QED) is 0.353. The molecule has 1 aliphatic heterocycles. The van der Waals surface area contributed by atoms with E-state index in [1.165, 1.54) is 15.6 Å². The Hall–Kier alpha value is -4.31. The van der Waals surface area contributed by atoms with Crippen molar-refractivity contribution in [2.45, 2.75) is 32.5 Å². The van der Waals surface area contributed by atoms with Crippen LogP contribution in [-0.2, 0) is 27.4 Å². The number of carbonyl (C=O) groups excluding carboxylic acids is 2. The number of benzene rings is 3. The van der Waals surface area contributed by atoms with Crippen LogP contribution >= 0.6 is 0 Å². The van der Waals surface area contributed by atoms with Crippen molar-refractivity contribution in [2.24, 2.45) is 0 Å². The van der Waals surface area contributed by atoms with Gasteiger partial charge in [-0.2, -0.15) is 0 Å². The summed E-state index contributed by atoms with van der Waals surface area (Å²) >= 11 is 0. The van der Waals surface area contributed by atoms with Gasteiger partial charge >= 0.3 is 0 Å². The monoisotopic (exact) mass is 530 g/mol. The average Bonchev–Trinajstić information content (AvgIpc) is 3.37. The van der Waals surface area contributed by atoms with Gasteiger partial charge in [-0.05, 0) is 48.9 Å². The first-order valence-electron chi connectivity index (χ1n) is 13.1. The highest BCUT2D eigenvalue weighted by molar-refractivity contribution is 5.97. The lowest BCUT2D eigenvalue weighted by Crippen LogP contribution is -2.48. The molecule has 1 unspecified atom stereocenters. The number of nitrogens with one attached hydrogen (secondary N) is 1. The van der Waals surface area contributed by atoms with E-state index >= 15 is 0 Å². The van der Waals surface area contributed by atoms with Gasteiger partial charge in [0.2, 0.25) is 11.8 Å². The molecule has 0 spiro atoms. The Balaban J connectivity index is 1.36. The van der Waals surface area contributed by atoms with Gasteiger partial charge in [0.15, 0.2) is 0 Å². The van der Waals surface area contributed by atoms with Crippen molar-refractivity contribution in [1.82, 2.24) is 19.9 Å². The highest BCUT2D eigenvalue weighted by Crippen LogP contribution is 2.21. The molecular weight excluding hydrogens is 499 g/mol. The number of hydrogen-bond donors (Lipinski definition) is 1. The molecule has 2 amide bonds.